The van der Waals surface area contributed by atoms with E-state index < -0.39 is 11.2 Å². The number of halogens is 1. The summed E-state index contributed by atoms with van der Waals surface area (Å²) in [5.41, 5.74) is 0.580. The standard InChI is InChI=1S/C15H17BrN2O3/c1-15(2,3)10-7-9(8-11(16)13(10)21-4)18-6-5-12(19)17-14(18)20/h5-8H,1-4H3,(H,17,19,20). The maximum atomic E-state index is 11.9. The smallest absolute Gasteiger partial charge is 0.332 e. The monoisotopic (exact) mass is 352 g/mol. The first-order valence-electron chi connectivity index (χ1n) is 6.44. The number of H-pyrrole nitrogens is 1. The molecule has 2 aromatic rings. The van der Waals surface area contributed by atoms with Crippen molar-refractivity contribution in [2.45, 2.75) is 26.2 Å². The normalized spacial score (nSPS) is 11.5. The minimum absolute atomic E-state index is 0.157. The molecule has 0 aliphatic rings. The Bertz CT molecular complexity index is 785. The van der Waals surface area contributed by atoms with E-state index in [1.165, 1.54) is 16.8 Å². The van der Waals surface area contributed by atoms with Crippen molar-refractivity contribution in [3.05, 3.63) is 55.3 Å². The molecule has 5 nitrogen and oxygen atoms in total. The third-order valence-corrected chi connectivity index (χ3v) is 3.73. The van der Waals surface area contributed by atoms with Gasteiger partial charge in [0, 0.05) is 17.8 Å². The Balaban J connectivity index is 2.75. The van der Waals surface area contributed by atoms with Gasteiger partial charge in [-0.1, -0.05) is 20.8 Å². The highest BCUT2D eigenvalue weighted by atomic mass is 79.9. The van der Waals surface area contributed by atoms with Crippen LogP contribution in [0.5, 0.6) is 5.75 Å². The highest BCUT2D eigenvalue weighted by molar-refractivity contribution is 9.10. The van der Waals surface area contributed by atoms with Crippen molar-refractivity contribution in [2.24, 2.45) is 0 Å². The molecule has 0 radical (unpaired) electrons. The fraction of sp³-hybridized carbons (Fsp3) is 0.333. The Morgan fingerprint density at radius 3 is 2.43 bits per heavy atom. The van der Waals surface area contributed by atoms with E-state index in [0.717, 1.165) is 15.8 Å². The Morgan fingerprint density at radius 2 is 1.90 bits per heavy atom. The van der Waals surface area contributed by atoms with E-state index in [0.29, 0.717) is 5.69 Å². The lowest BCUT2D eigenvalue weighted by Gasteiger charge is -2.24. The largest absolute Gasteiger partial charge is 0.495 e. The van der Waals surface area contributed by atoms with Crippen molar-refractivity contribution < 1.29 is 4.74 Å². The Kier molecular flexibility index (Phi) is 4.09. The molecule has 6 heteroatoms. The molecule has 0 spiro atoms. The summed E-state index contributed by atoms with van der Waals surface area (Å²) in [6, 6.07) is 4.99. The molecule has 0 unspecified atom stereocenters. The van der Waals surface area contributed by atoms with Crippen LogP contribution in [0.25, 0.3) is 5.69 Å². The van der Waals surface area contributed by atoms with Crippen LogP contribution in [-0.2, 0) is 5.41 Å². The zero-order chi connectivity index (χ0) is 15.8. The summed E-state index contributed by atoms with van der Waals surface area (Å²) in [5.74, 6) is 0.740. The van der Waals surface area contributed by atoms with Crippen LogP contribution < -0.4 is 16.0 Å². The summed E-state index contributed by atoms with van der Waals surface area (Å²) in [4.78, 5) is 25.3. The topological polar surface area (TPSA) is 64.1 Å². The number of ether oxygens (including phenoxy) is 1. The van der Waals surface area contributed by atoms with Crippen LogP contribution in [0.1, 0.15) is 26.3 Å². The fourth-order valence-corrected chi connectivity index (χ4v) is 2.71. The molecule has 1 N–H and O–H groups in total. The number of hydrogen-bond acceptors (Lipinski definition) is 3. The number of hydrogen-bond donors (Lipinski definition) is 1. The van der Waals surface area contributed by atoms with E-state index in [2.05, 4.69) is 41.7 Å². The number of benzene rings is 1. The predicted molar refractivity (Wildman–Crippen MR) is 85.6 cm³/mol. The SMILES string of the molecule is COc1c(Br)cc(-n2ccc(=O)[nH]c2=O)cc1C(C)(C)C. The van der Waals surface area contributed by atoms with Gasteiger partial charge in [0.25, 0.3) is 5.56 Å². The van der Waals surface area contributed by atoms with E-state index >= 15 is 0 Å². The molecule has 0 saturated carbocycles. The highest BCUT2D eigenvalue weighted by Gasteiger charge is 2.22. The number of nitrogens with zero attached hydrogens (tertiary/aromatic N) is 1. The third-order valence-electron chi connectivity index (χ3n) is 3.14. The number of rotatable bonds is 2. The number of aromatic amines is 1. The fourth-order valence-electron chi connectivity index (χ4n) is 2.10. The molecule has 0 amide bonds. The van der Waals surface area contributed by atoms with Gasteiger partial charge < -0.3 is 4.74 Å². The van der Waals surface area contributed by atoms with Gasteiger partial charge in [-0.15, -0.1) is 0 Å². The van der Waals surface area contributed by atoms with Gasteiger partial charge in [0.05, 0.1) is 17.3 Å². The number of aromatic nitrogens is 2. The van der Waals surface area contributed by atoms with Crippen LogP contribution in [-0.4, -0.2) is 16.7 Å². The average Bonchev–Trinajstić information content (AvgIpc) is 2.36. The van der Waals surface area contributed by atoms with Crippen molar-refractivity contribution in [3.63, 3.8) is 0 Å². The van der Waals surface area contributed by atoms with Gasteiger partial charge in [0.2, 0.25) is 0 Å². The summed E-state index contributed by atoms with van der Waals surface area (Å²) in [6.07, 6.45) is 1.46. The van der Waals surface area contributed by atoms with Crippen molar-refractivity contribution >= 4 is 15.9 Å². The minimum Gasteiger partial charge on any atom is -0.495 e. The van der Waals surface area contributed by atoms with Crippen LogP contribution in [0, 0.1) is 0 Å². The summed E-state index contributed by atoms with van der Waals surface area (Å²) in [7, 11) is 1.61. The van der Waals surface area contributed by atoms with Gasteiger partial charge in [0.15, 0.2) is 0 Å². The van der Waals surface area contributed by atoms with Gasteiger partial charge in [0.1, 0.15) is 5.75 Å². The highest BCUT2D eigenvalue weighted by Crippen LogP contribution is 2.38. The van der Waals surface area contributed by atoms with Gasteiger partial charge in [-0.05, 0) is 33.5 Å². The van der Waals surface area contributed by atoms with E-state index in [-0.39, 0.29) is 5.41 Å². The second kappa shape index (κ2) is 5.52. The summed E-state index contributed by atoms with van der Waals surface area (Å²) < 4.78 is 7.60. The Labute approximate surface area is 130 Å². The maximum absolute atomic E-state index is 11.9. The molecule has 0 atom stereocenters. The van der Waals surface area contributed by atoms with Crippen LogP contribution >= 0.6 is 15.9 Å². The summed E-state index contributed by atoms with van der Waals surface area (Å²) in [6.45, 7) is 6.20. The first kappa shape index (κ1) is 15.6. The minimum atomic E-state index is -0.473. The Hall–Kier alpha value is -1.82. The molecule has 21 heavy (non-hydrogen) atoms. The lowest BCUT2D eigenvalue weighted by Crippen LogP contribution is -2.27. The maximum Gasteiger partial charge on any atom is 0.332 e. The second-order valence-corrected chi connectivity index (χ2v) is 6.59. The summed E-state index contributed by atoms with van der Waals surface area (Å²) in [5, 5.41) is 0. The van der Waals surface area contributed by atoms with E-state index in [4.69, 9.17) is 4.74 Å². The first-order valence-corrected chi connectivity index (χ1v) is 7.23. The molecule has 0 saturated heterocycles. The lowest BCUT2D eigenvalue weighted by molar-refractivity contribution is 0.395. The molecule has 0 aliphatic heterocycles. The summed E-state index contributed by atoms with van der Waals surface area (Å²) >= 11 is 3.47. The molecular formula is C15H17BrN2O3. The van der Waals surface area contributed by atoms with Crippen LogP contribution in [0.4, 0.5) is 0 Å². The predicted octanol–water partition coefficient (Wildman–Crippen LogP) is 2.59. The molecule has 1 heterocycles. The quantitative estimate of drug-likeness (QED) is 0.903. The molecule has 1 aromatic carbocycles. The van der Waals surface area contributed by atoms with Crippen molar-refractivity contribution in [1.29, 1.82) is 0 Å². The molecule has 2 rings (SSSR count). The zero-order valence-corrected chi connectivity index (χ0v) is 13.9. The molecular weight excluding hydrogens is 336 g/mol. The van der Waals surface area contributed by atoms with Gasteiger partial charge in [-0.3, -0.25) is 14.3 Å². The Morgan fingerprint density at radius 1 is 1.24 bits per heavy atom. The number of methoxy groups -OCH3 is 1. The van der Waals surface area contributed by atoms with Crippen LogP contribution in [0.2, 0.25) is 0 Å². The average molecular weight is 353 g/mol. The molecule has 0 fully saturated rings. The molecule has 0 aliphatic carbocycles. The second-order valence-electron chi connectivity index (χ2n) is 5.74. The number of nitrogens with one attached hydrogen (secondary N) is 1. The lowest BCUT2D eigenvalue weighted by atomic mass is 9.86. The van der Waals surface area contributed by atoms with E-state index in [1.54, 1.807) is 13.2 Å². The van der Waals surface area contributed by atoms with Crippen LogP contribution in [0.15, 0.2) is 38.5 Å². The van der Waals surface area contributed by atoms with Gasteiger partial charge in [-0.2, -0.15) is 0 Å². The third kappa shape index (κ3) is 3.10. The van der Waals surface area contributed by atoms with E-state index in [9.17, 15) is 9.59 Å². The van der Waals surface area contributed by atoms with Crippen molar-refractivity contribution in [2.75, 3.05) is 7.11 Å². The zero-order valence-electron chi connectivity index (χ0n) is 12.4. The molecule has 0 bridgehead atoms. The van der Waals surface area contributed by atoms with Crippen molar-refractivity contribution in [1.82, 2.24) is 9.55 Å². The van der Waals surface area contributed by atoms with Gasteiger partial charge in [-0.25, -0.2) is 4.79 Å². The molecule has 112 valence electrons. The van der Waals surface area contributed by atoms with Gasteiger partial charge >= 0.3 is 5.69 Å². The van der Waals surface area contributed by atoms with Crippen LogP contribution in [0.3, 0.4) is 0 Å². The first-order chi connectivity index (χ1) is 9.74. The van der Waals surface area contributed by atoms with Crippen molar-refractivity contribution in [3.8, 4) is 11.4 Å². The van der Waals surface area contributed by atoms with E-state index in [1.807, 2.05) is 6.07 Å². The molecule has 1 aromatic heterocycles.